The van der Waals surface area contributed by atoms with Gasteiger partial charge in [0.05, 0.1) is 24.6 Å². The molecule has 0 bridgehead atoms. The highest BCUT2D eigenvalue weighted by Gasteiger charge is 2.33. The maximum atomic E-state index is 12.7. The summed E-state index contributed by atoms with van der Waals surface area (Å²) in [5.74, 6) is 1.19. The molecule has 1 fully saturated rings. The van der Waals surface area contributed by atoms with E-state index in [-0.39, 0.29) is 23.2 Å². The second-order valence-corrected chi connectivity index (χ2v) is 8.99. The Morgan fingerprint density at radius 3 is 2.61 bits per heavy atom. The van der Waals surface area contributed by atoms with E-state index in [9.17, 15) is 9.59 Å². The van der Waals surface area contributed by atoms with Gasteiger partial charge < -0.3 is 14.6 Å². The molecule has 31 heavy (non-hydrogen) atoms. The molecule has 0 radical (unpaired) electrons. The molecule has 5 nitrogen and oxygen atoms in total. The van der Waals surface area contributed by atoms with Crippen LogP contribution in [0.3, 0.4) is 0 Å². The summed E-state index contributed by atoms with van der Waals surface area (Å²) in [7, 11) is 0. The first kappa shape index (κ1) is 21.2. The number of hydrogen-bond acceptors (Lipinski definition) is 4. The Kier molecular flexibility index (Phi) is 6.18. The Balaban J connectivity index is 1.44. The molecule has 0 spiro atoms. The van der Waals surface area contributed by atoms with E-state index in [2.05, 4.69) is 37.4 Å². The van der Waals surface area contributed by atoms with E-state index < -0.39 is 0 Å². The molecule has 1 N–H and O–H groups in total. The van der Waals surface area contributed by atoms with Gasteiger partial charge in [-0.3, -0.25) is 9.59 Å². The minimum absolute atomic E-state index is 0.0795. The Labute approximate surface area is 186 Å². The van der Waals surface area contributed by atoms with Crippen LogP contribution in [-0.2, 0) is 11.3 Å². The molecule has 4 rings (SSSR count). The van der Waals surface area contributed by atoms with Gasteiger partial charge in [-0.05, 0) is 67.3 Å². The lowest BCUT2D eigenvalue weighted by molar-refractivity contribution is -0.128. The number of furan rings is 1. The third-order valence-corrected chi connectivity index (χ3v) is 6.97. The van der Waals surface area contributed by atoms with Crippen molar-refractivity contribution in [3.05, 3.63) is 94.4 Å². The average molecular weight is 435 g/mol. The van der Waals surface area contributed by atoms with Gasteiger partial charge in [0.1, 0.15) is 11.1 Å². The first-order valence-electron chi connectivity index (χ1n) is 10.3. The fraction of sp³-hybridized carbons (Fsp3) is 0.280. The molecule has 1 aliphatic heterocycles. The van der Waals surface area contributed by atoms with Crippen LogP contribution in [0.2, 0.25) is 0 Å². The predicted octanol–water partition coefficient (Wildman–Crippen LogP) is 5.16. The van der Waals surface area contributed by atoms with Gasteiger partial charge in [-0.1, -0.05) is 30.3 Å². The van der Waals surface area contributed by atoms with Gasteiger partial charge >= 0.3 is 0 Å². The molecule has 0 saturated carbocycles. The van der Waals surface area contributed by atoms with Crippen molar-refractivity contribution < 1.29 is 14.0 Å². The van der Waals surface area contributed by atoms with Crippen LogP contribution in [0.1, 0.15) is 56.7 Å². The van der Waals surface area contributed by atoms with Crippen LogP contribution in [0, 0.1) is 13.8 Å². The van der Waals surface area contributed by atoms with Crippen LogP contribution in [-0.4, -0.2) is 22.5 Å². The number of nitrogens with zero attached hydrogens (tertiary/aromatic N) is 1. The van der Waals surface area contributed by atoms with E-state index in [0.717, 1.165) is 16.9 Å². The molecule has 2 aromatic carbocycles. The van der Waals surface area contributed by atoms with E-state index in [1.807, 2.05) is 48.2 Å². The number of nitrogens with one attached hydrogen (secondary N) is 1. The molecule has 1 aromatic heterocycles. The third-order valence-electron chi connectivity index (χ3n) is 5.71. The second-order valence-electron chi connectivity index (χ2n) is 7.93. The molecule has 2 heterocycles. The molecular weight excluding hydrogens is 408 g/mol. The van der Waals surface area contributed by atoms with Crippen molar-refractivity contribution in [2.24, 2.45) is 0 Å². The summed E-state index contributed by atoms with van der Waals surface area (Å²) < 4.78 is 5.41. The topological polar surface area (TPSA) is 62.6 Å². The summed E-state index contributed by atoms with van der Waals surface area (Å²) in [6, 6.07) is 17.4. The van der Waals surface area contributed by atoms with Crippen LogP contribution in [0.15, 0.2) is 65.3 Å². The number of carbonyl (C=O) groups is 2. The SMILES string of the molecule is Cc1ccc([C@@H](C)NC(=O)c2ccc([C@H]3SCC(=O)N3Cc3ccco3)cc2)cc1C. The number of amides is 2. The molecule has 2 atom stereocenters. The zero-order chi connectivity index (χ0) is 22.0. The molecule has 2 amide bonds. The number of rotatable bonds is 6. The van der Waals surface area contributed by atoms with Crippen molar-refractivity contribution in [1.29, 1.82) is 0 Å². The molecule has 0 unspecified atom stereocenters. The predicted molar refractivity (Wildman–Crippen MR) is 123 cm³/mol. The maximum Gasteiger partial charge on any atom is 0.251 e. The molecule has 6 heteroatoms. The Morgan fingerprint density at radius 2 is 1.94 bits per heavy atom. The highest BCUT2D eigenvalue weighted by Crippen LogP contribution is 2.39. The number of thioether (sulfide) groups is 1. The van der Waals surface area contributed by atoms with Gasteiger partial charge in [0.15, 0.2) is 0 Å². The van der Waals surface area contributed by atoms with Crippen LogP contribution in [0.25, 0.3) is 0 Å². The monoisotopic (exact) mass is 434 g/mol. The first-order chi connectivity index (χ1) is 14.9. The Bertz CT molecular complexity index is 1080. The largest absolute Gasteiger partial charge is 0.467 e. The van der Waals surface area contributed by atoms with Gasteiger partial charge in [-0.15, -0.1) is 11.8 Å². The van der Waals surface area contributed by atoms with Gasteiger partial charge in [0, 0.05) is 5.56 Å². The summed E-state index contributed by atoms with van der Waals surface area (Å²) in [5.41, 5.74) is 5.14. The normalized spacial score (nSPS) is 17.1. The average Bonchev–Trinajstić information content (AvgIpc) is 3.41. The number of aryl methyl sites for hydroxylation is 2. The van der Waals surface area contributed by atoms with Crippen molar-refractivity contribution in [2.45, 2.75) is 38.7 Å². The zero-order valence-corrected chi connectivity index (χ0v) is 18.7. The van der Waals surface area contributed by atoms with Crippen LogP contribution < -0.4 is 5.32 Å². The molecule has 1 saturated heterocycles. The van der Waals surface area contributed by atoms with E-state index in [1.165, 1.54) is 11.1 Å². The van der Waals surface area contributed by atoms with E-state index in [1.54, 1.807) is 18.0 Å². The molecule has 3 aromatic rings. The fourth-order valence-electron chi connectivity index (χ4n) is 3.67. The number of hydrogen-bond donors (Lipinski definition) is 1. The second kappa shape index (κ2) is 9.02. The lowest BCUT2D eigenvalue weighted by Gasteiger charge is -2.23. The summed E-state index contributed by atoms with van der Waals surface area (Å²) in [6.45, 7) is 6.59. The van der Waals surface area contributed by atoms with Crippen LogP contribution >= 0.6 is 11.8 Å². The Morgan fingerprint density at radius 1 is 1.16 bits per heavy atom. The van der Waals surface area contributed by atoms with Gasteiger partial charge in [0.25, 0.3) is 5.91 Å². The number of carbonyl (C=O) groups excluding carboxylic acids is 2. The Hall–Kier alpha value is -2.99. The van der Waals surface area contributed by atoms with Crippen molar-refractivity contribution in [1.82, 2.24) is 10.2 Å². The van der Waals surface area contributed by atoms with E-state index >= 15 is 0 Å². The summed E-state index contributed by atoms with van der Waals surface area (Å²) in [5, 5.41) is 2.99. The molecule has 0 aliphatic carbocycles. The van der Waals surface area contributed by atoms with Crippen molar-refractivity contribution in [2.75, 3.05) is 5.75 Å². The maximum absolute atomic E-state index is 12.7. The van der Waals surface area contributed by atoms with E-state index in [0.29, 0.717) is 17.9 Å². The summed E-state index contributed by atoms with van der Waals surface area (Å²) in [6.07, 6.45) is 1.62. The van der Waals surface area contributed by atoms with Crippen LogP contribution in [0.4, 0.5) is 0 Å². The van der Waals surface area contributed by atoms with Crippen LogP contribution in [0.5, 0.6) is 0 Å². The van der Waals surface area contributed by atoms with Crippen molar-refractivity contribution in [3.8, 4) is 0 Å². The lowest BCUT2D eigenvalue weighted by atomic mass is 10.0. The summed E-state index contributed by atoms with van der Waals surface area (Å²) >= 11 is 1.59. The van der Waals surface area contributed by atoms with Crippen molar-refractivity contribution in [3.63, 3.8) is 0 Å². The zero-order valence-electron chi connectivity index (χ0n) is 17.9. The lowest BCUT2D eigenvalue weighted by Crippen LogP contribution is -2.28. The summed E-state index contributed by atoms with van der Waals surface area (Å²) in [4.78, 5) is 26.9. The first-order valence-corrected chi connectivity index (χ1v) is 11.4. The fourth-order valence-corrected chi connectivity index (χ4v) is 4.86. The minimum atomic E-state index is -0.111. The van der Waals surface area contributed by atoms with E-state index in [4.69, 9.17) is 4.42 Å². The molecule has 160 valence electrons. The van der Waals surface area contributed by atoms with Gasteiger partial charge in [0.2, 0.25) is 5.91 Å². The minimum Gasteiger partial charge on any atom is -0.467 e. The third kappa shape index (κ3) is 4.69. The smallest absolute Gasteiger partial charge is 0.251 e. The quantitative estimate of drug-likeness (QED) is 0.582. The van der Waals surface area contributed by atoms with Crippen molar-refractivity contribution >= 4 is 23.6 Å². The standard InChI is InChI=1S/C25H26N2O3S/c1-16-6-7-21(13-17(16)2)18(3)26-24(29)19-8-10-20(11-9-19)25-27(23(28)15-31-25)14-22-5-4-12-30-22/h4-13,18,25H,14-15H2,1-3H3,(H,26,29)/t18-,25-/m1/s1. The van der Waals surface area contributed by atoms with Gasteiger partial charge in [-0.2, -0.15) is 0 Å². The highest BCUT2D eigenvalue weighted by atomic mass is 32.2. The number of benzene rings is 2. The molecular formula is C25H26N2O3S. The van der Waals surface area contributed by atoms with Gasteiger partial charge in [-0.25, -0.2) is 0 Å². The highest BCUT2D eigenvalue weighted by molar-refractivity contribution is 8.00. The molecule has 1 aliphatic rings.